The highest BCUT2D eigenvalue weighted by Crippen LogP contribution is 2.50. The van der Waals surface area contributed by atoms with Gasteiger partial charge >= 0.3 is 0 Å². The molecule has 0 saturated carbocycles. The molecule has 0 N–H and O–H groups in total. The third-order valence-corrected chi connectivity index (χ3v) is 7.54. The average Bonchev–Trinajstić information content (AvgIpc) is 2.76. The van der Waals surface area contributed by atoms with Gasteiger partial charge in [-0.15, -0.1) is 0 Å². The van der Waals surface area contributed by atoms with Crippen LogP contribution in [0.4, 0.5) is 8.78 Å². The molecule has 0 aliphatic carbocycles. The van der Waals surface area contributed by atoms with Gasteiger partial charge in [0, 0.05) is 37.9 Å². The highest BCUT2D eigenvalue weighted by atomic mass is 35.5. The van der Waals surface area contributed by atoms with Crippen LogP contribution < -0.4 is 0 Å². The third-order valence-electron chi connectivity index (χ3n) is 7.29. The summed E-state index contributed by atoms with van der Waals surface area (Å²) in [5.41, 5.74) is -0.445. The van der Waals surface area contributed by atoms with Crippen molar-refractivity contribution in [2.75, 3.05) is 39.4 Å². The molecule has 8 heteroatoms. The zero-order valence-corrected chi connectivity index (χ0v) is 18.8. The van der Waals surface area contributed by atoms with E-state index in [1.165, 1.54) is 9.80 Å². The van der Waals surface area contributed by atoms with Gasteiger partial charge in [-0.1, -0.05) is 30.3 Å². The van der Waals surface area contributed by atoms with Crippen LogP contribution in [0.1, 0.15) is 37.2 Å². The number of halogens is 3. The van der Waals surface area contributed by atoms with E-state index >= 15 is 8.78 Å². The summed E-state index contributed by atoms with van der Waals surface area (Å²) >= 11 is 6.03. The summed E-state index contributed by atoms with van der Waals surface area (Å²) in [6.45, 7) is 4.42. The van der Waals surface area contributed by atoms with E-state index in [9.17, 15) is 9.59 Å². The number of rotatable bonds is 5. The number of hydrogen-bond donors (Lipinski definition) is 0. The van der Waals surface area contributed by atoms with Crippen LogP contribution in [-0.4, -0.2) is 66.9 Å². The van der Waals surface area contributed by atoms with Crippen LogP contribution in [0.15, 0.2) is 36.9 Å². The lowest BCUT2D eigenvalue weighted by Crippen LogP contribution is -2.71. The van der Waals surface area contributed by atoms with Crippen molar-refractivity contribution < 1.29 is 23.1 Å². The van der Waals surface area contributed by atoms with Gasteiger partial charge < -0.3 is 14.5 Å². The van der Waals surface area contributed by atoms with Crippen LogP contribution in [-0.2, 0) is 14.3 Å². The summed E-state index contributed by atoms with van der Waals surface area (Å²) in [5.74, 6) is -3.81. The van der Waals surface area contributed by atoms with Crippen molar-refractivity contribution >= 4 is 23.4 Å². The molecule has 5 nitrogen and oxygen atoms in total. The molecule has 1 unspecified atom stereocenters. The highest BCUT2D eigenvalue weighted by Gasteiger charge is 2.63. The van der Waals surface area contributed by atoms with E-state index in [2.05, 4.69) is 6.58 Å². The van der Waals surface area contributed by atoms with Gasteiger partial charge in [-0.25, -0.2) is 8.78 Å². The van der Waals surface area contributed by atoms with Gasteiger partial charge in [-0.3, -0.25) is 9.59 Å². The Morgan fingerprint density at radius 2 is 1.81 bits per heavy atom. The lowest BCUT2D eigenvalue weighted by atomic mass is 9.68. The Balaban J connectivity index is 1.49. The van der Waals surface area contributed by atoms with Crippen LogP contribution in [0.5, 0.6) is 0 Å². The molecule has 0 bridgehead atoms. The fourth-order valence-electron chi connectivity index (χ4n) is 5.18. The van der Waals surface area contributed by atoms with Crippen LogP contribution >= 0.6 is 11.6 Å². The summed E-state index contributed by atoms with van der Waals surface area (Å²) in [4.78, 5) is 28.0. The van der Waals surface area contributed by atoms with Crippen molar-refractivity contribution in [2.24, 2.45) is 11.3 Å². The summed E-state index contributed by atoms with van der Waals surface area (Å²) in [6, 6.07) is 7.11. The molecule has 1 aromatic carbocycles. The quantitative estimate of drug-likeness (QED) is 0.613. The number of benzene rings is 1. The van der Waals surface area contributed by atoms with Crippen molar-refractivity contribution in [1.82, 2.24) is 9.80 Å². The van der Waals surface area contributed by atoms with E-state index in [0.29, 0.717) is 30.6 Å². The van der Waals surface area contributed by atoms with Crippen molar-refractivity contribution in [3.8, 4) is 0 Å². The lowest BCUT2D eigenvalue weighted by molar-refractivity contribution is -0.223. The van der Waals surface area contributed by atoms with Crippen molar-refractivity contribution in [1.29, 1.82) is 0 Å². The number of amides is 2. The van der Waals surface area contributed by atoms with Gasteiger partial charge in [0.2, 0.25) is 11.8 Å². The van der Waals surface area contributed by atoms with E-state index in [4.69, 9.17) is 16.3 Å². The monoisotopic (exact) mass is 466 g/mol. The lowest BCUT2D eigenvalue weighted by Gasteiger charge is -2.57. The largest absolute Gasteiger partial charge is 0.381 e. The number of likely N-dealkylation sites (tertiary alicyclic amines) is 2. The molecule has 0 radical (unpaired) electrons. The van der Waals surface area contributed by atoms with E-state index in [1.807, 2.05) is 12.1 Å². The first kappa shape index (κ1) is 23.2. The minimum atomic E-state index is -3.05. The van der Waals surface area contributed by atoms with Gasteiger partial charge in [-0.05, 0) is 55.4 Å². The van der Waals surface area contributed by atoms with Crippen molar-refractivity contribution in [2.45, 2.75) is 37.5 Å². The fraction of sp³-hybridized carbons (Fsp3) is 0.583. The molecule has 3 heterocycles. The predicted molar refractivity (Wildman–Crippen MR) is 118 cm³/mol. The van der Waals surface area contributed by atoms with Crippen molar-refractivity contribution in [3.05, 3.63) is 47.5 Å². The van der Waals surface area contributed by atoms with Gasteiger partial charge in [0.15, 0.2) is 0 Å². The number of carbonyl (C=O) groups excluding carboxylic acids is 2. The van der Waals surface area contributed by atoms with Gasteiger partial charge in [0.05, 0.1) is 17.9 Å². The molecule has 3 aliphatic rings. The number of hydrogen-bond acceptors (Lipinski definition) is 3. The maximum absolute atomic E-state index is 15.2. The standard InChI is InChI=1S/C24H29ClF2N2O3/c1-2-21(30)29-14-23(15-29)9-10-28(16-24(23,26)27)22(31)20(13-17-7-11-32-12-8-17)18-3-5-19(25)6-4-18/h2-6,17,20H,1,7-16H2. The van der Waals surface area contributed by atoms with Crippen LogP contribution in [0.2, 0.25) is 5.02 Å². The minimum absolute atomic E-state index is 0.00949. The second-order valence-electron chi connectivity index (χ2n) is 9.29. The number of nitrogens with zero attached hydrogens (tertiary/aromatic N) is 2. The minimum Gasteiger partial charge on any atom is -0.381 e. The molecule has 1 aromatic rings. The maximum atomic E-state index is 15.2. The van der Waals surface area contributed by atoms with Crippen LogP contribution in [0.25, 0.3) is 0 Å². The van der Waals surface area contributed by atoms with Crippen LogP contribution in [0.3, 0.4) is 0 Å². The van der Waals surface area contributed by atoms with E-state index in [0.717, 1.165) is 24.5 Å². The molecule has 174 valence electrons. The first-order chi connectivity index (χ1) is 15.2. The number of piperidine rings is 1. The van der Waals surface area contributed by atoms with E-state index in [1.54, 1.807) is 12.1 Å². The fourth-order valence-corrected chi connectivity index (χ4v) is 5.30. The summed E-state index contributed by atoms with van der Waals surface area (Å²) in [5, 5.41) is 0.570. The smallest absolute Gasteiger partial charge is 0.274 e. The molecule has 4 rings (SSSR count). The molecule has 3 aliphatic heterocycles. The Morgan fingerprint density at radius 3 is 2.41 bits per heavy atom. The Hall–Kier alpha value is -1.99. The normalized spacial score (nSPS) is 23.5. The summed E-state index contributed by atoms with van der Waals surface area (Å²) in [6.07, 6.45) is 3.67. The molecule has 0 aromatic heterocycles. The van der Waals surface area contributed by atoms with E-state index in [-0.39, 0.29) is 37.9 Å². The maximum Gasteiger partial charge on any atom is 0.274 e. The van der Waals surface area contributed by atoms with Gasteiger partial charge in [0.25, 0.3) is 5.92 Å². The summed E-state index contributed by atoms with van der Waals surface area (Å²) < 4.78 is 35.9. The van der Waals surface area contributed by atoms with E-state index < -0.39 is 23.8 Å². The highest BCUT2D eigenvalue weighted by molar-refractivity contribution is 6.30. The number of carbonyl (C=O) groups is 2. The van der Waals surface area contributed by atoms with Crippen molar-refractivity contribution in [3.63, 3.8) is 0 Å². The Morgan fingerprint density at radius 1 is 1.16 bits per heavy atom. The van der Waals surface area contributed by atoms with Gasteiger partial charge in [-0.2, -0.15) is 0 Å². The third kappa shape index (κ3) is 4.42. The number of alkyl halides is 2. The SMILES string of the molecule is C=CC(=O)N1CC2(CCN(C(=O)C(CC3CCOCC3)c3ccc(Cl)cc3)CC2(F)F)C1. The topological polar surface area (TPSA) is 49.9 Å². The molecule has 1 spiro atoms. The molecule has 32 heavy (non-hydrogen) atoms. The molecule has 2 amide bonds. The Kier molecular flexibility index (Phi) is 6.59. The first-order valence-corrected chi connectivity index (χ1v) is 11.5. The van der Waals surface area contributed by atoms with Gasteiger partial charge in [0.1, 0.15) is 0 Å². The Bertz CT molecular complexity index is 865. The predicted octanol–water partition coefficient (Wildman–Crippen LogP) is 4.12. The average molecular weight is 467 g/mol. The zero-order valence-electron chi connectivity index (χ0n) is 18.1. The molecular weight excluding hydrogens is 438 g/mol. The Labute approximate surface area is 192 Å². The molecular formula is C24H29ClF2N2O3. The number of ether oxygens (including phenoxy) is 1. The second-order valence-corrected chi connectivity index (χ2v) is 9.73. The second kappa shape index (κ2) is 9.10. The first-order valence-electron chi connectivity index (χ1n) is 11.2. The molecule has 3 saturated heterocycles. The molecule has 3 fully saturated rings. The molecule has 1 atom stereocenters. The summed E-state index contributed by atoms with van der Waals surface area (Å²) in [7, 11) is 0. The zero-order chi connectivity index (χ0) is 22.9. The van der Waals surface area contributed by atoms with Crippen LogP contribution in [0, 0.1) is 11.3 Å².